The van der Waals surface area contributed by atoms with Crippen molar-refractivity contribution in [2.24, 2.45) is 0 Å². The lowest BCUT2D eigenvalue weighted by Crippen LogP contribution is -2.22. The van der Waals surface area contributed by atoms with Gasteiger partial charge in [0, 0.05) is 0 Å². The van der Waals surface area contributed by atoms with E-state index < -0.39 is 17.3 Å². The van der Waals surface area contributed by atoms with Crippen LogP contribution in [0.15, 0.2) is 69.9 Å². The van der Waals surface area contributed by atoms with Gasteiger partial charge in [-0.05, 0) is 61.5 Å². The van der Waals surface area contributed by atoms with Gasteiger partial charge in [-0.1, -0.05) is 18.2 Å². The third kappa shape index (κ3) is 3.71. The molecule has 146 valence electrons. The lowest BCUT2D eigenvalue weighted by Gasteiger charge is -2.13. The van der Waals surface area contributed by atoms with E-state index in [0.29, 0.717) is 22.4 Å². The fourth-order valence-corrected chi connectivity index (χ4v) is 3.03. The van der Waals surface area contributed by atoms with Crippen LogP contribution in [0.1, 0.15) is 22.9 Å². The van der Waals surface area contributed by atoms with Crippen molar-refractivity contribution in [2.45, 2.75) is 13.1 Å². The average molecular weight is 396 g/mol. The molecule has 0 aliphatic rings. The number of furan rings is 1. The predicted molar refractivity (Wildman–Crippen MR) is 105 cm³/mol. The van der Waals surface area contributed by atoms with E-state index in [2.05, 4.69) is 4.98 Å². The van der Waals surface area contributed by atoms with Crippen LogP contribution in [0.25, 0.3) is 28.7 Å². The number of halogens is 3. The van der Waals surface area contributed by atoms with Crippen LogP contribution in [0.4, 0.5) is 13.2 Å². The Labute approximate surface area is 163 Å². The highest BCUT2D eigenvalue weighted by atomic mass is 19.4. The number of fused-ring (bicyclic) bond motifs is 1. The van der Waals surface area contributed by atoms with Crippen molar-refractivity contribution in [3.05, 3.63) is 93.9 Å². The normalized spacial score (nSPS) is 12.1. The summed E-state index contributed by atoms with van der Waals surface area (Å²) in [4.78, 5) is 17.6. The van der Waals surface area contributed by atoms with E-state index in [0.717, 1.165) is 12.1 Å². The summed E-state index contributed by atoms with van der Waals surface area (Å²) in [5.41, 5.74) is -0.758. The second kappa shape index (κ2) is 7.09. The molecule has 0 fully saturated rings. The van der Waals surface area contributed by atoms with Gasteiger partial charge in [-0.2, -0.15) is 13.2 Å². The van der Waals surface area contributed by atoms with Crippen LogP contribution >= 0.6 is 0 Å². The molecular formula is C22H15F3N2O2. The van der Waals surface area contributed by atoms with Crippen molar-refractivity contribution in [3.8, 4) is 5.69 Å². The second-order valence-electron chi connectivity index (χ2n) is 6.46. The van der Waals surface area contributed by atoms with Gasteiger partial charge in [0.05, 0.1) is 22.2 Å². The fraction of sp³-hybridized carbons (Fsp3) is 0.0909. The molecule has 29 heavy (non-hydrogen) atoms. The molecule has 0 aliphatic carbocycles. The molecule has 2 aromatic heterocycles. The molecule has 0 spiro atoms. The molecule has 0 saturated heterocycles. The molecule has 0 bridgehead atoms. The van der Waals surface area contributed by atoms with E-state index in [1.807, 2.05) is 0 Å². The minimum Gasteiger partial charge on any atom is -0.462 e. The molecule has 0 unspecified atom stereocenters. The summed E-state index contributed by atoms with van der Waals surface area (Å²) >= 11 is 0. The Morgan fingerprint density at radius 3 is 2.52 bits per heavy atom. The summed E-state index contributed by atoms with van der Waals surface area (Å²) in [5, 5.41) is 0.316. The molecule has 4 nitrogen and oxygen atoms in total. The molecular weight excluding hydrogens is 381 g/mol. The fourth-order valence-electron chi connectivity index (χ4n) is 3.03. The maximum atomic E-state index is 13.2. The molecule has 2 aromatic carbocycles. The zero-order valence-corrected chi connectivity index (χ0v) is 15.3. The van der Waals surface area contributed by atoms with Crippen molar-refractivity contribution in [1.82, 2.24) is 9.55 Å². The van der Waals surface area contributed by atoms with Gasteiger partial charge in [0.15, 0.2) is 0 Å². The number of hydrogen-bond donors (Lipinski definition) is 0. The Kier molecular flexibility index (Phi) is 4.58. The summed E-state index contributed by atoms with van der Waals surface area (Å²) in [6, 6.07) is 14.9. The maximum absolute atomic E-state index is 13.2. The number of nitrogens with zero attached hydrogens (tertiary/aromatic N) is 2. The van der Waals surface area contributed by atoms with Gasteiger partial charge < -0.3 is 4.42 Å². The Morgan fingerprint density at radius 2 is 1.79 bits per heavy atom. The Morgan fingerprint density at radius 1 is 1.00 bits per heavy atom. The number of para-hydroxylation sites is 1. The van der Waals surface area contributed by atoms with Crippen LogP contribution in [-0.2, 0) is 6.18 Å². The zero-order valence-electron chi connectivity index (χ0n) is 15.3. The minimum absolute atomic E-state index is 0.0818. The number of aromatic nitrogens is 2. The van der Waals surface area contributed by atoms with Gasteiger partial charge in [-0.15, -0.1) is 0 Å². The zero-order chi connectivity index (χ0) is 20.6. The SMILES string of the molecule is Cc1ccc(/C=C/c2nc3ccccc3c(=O)n2-c2cccc(C(F)(F)F)c2)o1. The van der Waals surface area contributed by atoms with Crippen LogP contribution in [-0.4, -0.2) is 9.55 Å². The first kappa shape index (κ1) is 18.7. The third-order valence-electron chi connectivity index (χ3n) is 4.39. The first-order valence-electron chi connectivity index (χ1n) is 8.77. The van der Waals surface area contributed by atoms with Gasteiger partial charge in [0.25, 0.3) is 5.56 Å². The lowest BCUT2D eigenvalue weighted by molar-refractivity contribution is -0.137. The molecule has 7 heteroatoms. The Bertz CT molecular complexity index is 1280. The highest BCUT2D eigenvalue weighted by molar-refractivity contribution is 5.79. The maximum Gasteiger partial charge on any atom is 0.416 e. The molecule has 0 atom stereocenters. The van der Waals surface area contributed by atoms with Crippen molar-refractivity contribution >= 4 is 23.1 Å². The second-order valence-corrected chi connectivity index (χ2v) is 6.46. The van der Waals surface area contributed by atoms with E-state index >= 15 is 0 Å². The van der Waals surface area contributed by atoms with Crippen LogP contribution in [0.5, 0.6) is 0 Å². The number of benzene rings is 2. The van der Waals surface area contributed by atoms with Gasteiger partial charge in [-0.25, -0.2) is 4.98 Å². The van der Waals surface area contributed by atoms with E-state index in [1.54, 1.807) is 55.5 Å². The molecule has 4 rings (SSSR count). The first-order valence-corrected chi connectivity index (χ1v) is 8.77. The van der Waals surface area contributed by atoms with Gasteiger partial charge in [0.1, 0.15) is 17.3 Å². The van der Waals surface area contributed by atoms with Gasteiger partial charge in [0.2, 0.25) is 0 Å². The summed E-state index contributed by atoms with van der Waals surface area (Å²) in [7, 11) is 0. The van der Waals surface area contributed by atoms with Crippen LogP contribution < -0.4 is 5.56 Å². The molecule has 0 aliphatic heterocycles. The molecule has 4 aromatic rings. The summed E-state index contributed by atoms with van der Waals surface area (Å²) in [5.74, 6) is 1.45. The first-order chi connectivity index (χ1) is 13.8. The van der Waals surface area contributed by atoms with E-state index in [9.17, 15) is 18.0 Å². The van der Waals surface area contributed by atoms with Crippen LogP contribution in [0, 0.1) is 6.92 Å². The Hall–Kier alpha value is -3.61. The van der Waals surface area contributed by atoms with Crippen LogP contribution in [0.3, 0.4) is 0 Å². The molecule has 2 heterocycles. The third-order valence-corrected chi connectivity index (χ3v) is 4.39. The number of alkyl halides is 3. The van der Waals surface area contributed by atoms with E-state index in [-0.39, 0.29) is 11.5 Å². The van der Waals surface area contributed by atoms with Crippen molar-refractivity contribution in [1.29, 1.82) is 0 Å². The van der Waals surface area contributed by atoms with Gasteiger partial charge >= 0.3 is 6.18 Å². The lowest BCUT2D eigenvalue weighted by atomic mass is 10.1. The number of hydrogen-bond acceptors (Lipinski definition) is 3. The average Bonchev–Trinajstić information content (AvgIpc) is 3.11. The Balaban J connectivity index is 1.95. The topological polar surface area (TPSA) is 48.0 Å². The molecule has 0 radical (unpaired) electrons. The predicted octanol–water partition coefficient (Wildman–Crippen LogP) is 5.48. The number of rotatable bonds is 3. The van der Waals surface area contributed by atoms with Crippen molar-refractivity contribution < 1.29 is 17.6 Å². The molecule has 0 N–H and O–H groups in total. The smallest absolute Gasteiger partial charge is 0.416 e. The van der Waals surface area contributed by atoms with Gasteiger partial charge in [-0.3, -0.25) is 9.36 Å². The summed E-state index contributed by atoms with van der Waals surface area (Å²) in [6.07, 6.45) is -1.36. The highest BCUT2D eigenvalue weighted by Gasteiger charge is 2.30. The largest absolute Gasteiger partial charge is 0.462 e. The number of aryl methyl sites for hydroxylation is 1. The standard InChI is InChI=1S/C22H15F3N2O2/c1-14-9-10-17(29-14)11-12-20-26-19-8-3-2-7-18(19)21(28)27(20)16-6-4-5-15(13-16)22(23,24)25/h2-13H,1H3/b12-11+. The highest BCUT2D eigenvalue weighted by Crippen LogP contribution is 2.30. The van der Waals surface area contributed by atoms with E-state index in [1.165, 1.54) is 16.7 Å². The van der Waals surface area contributed by atoms with Crippen LogP contribution in [0.2, 0.25) is 0 Å². The quantitative estimate of drug-likeness (QED) is 0.461. The van der Waals surface area contributed by atoms with Crippen molar-refractivity contribution in [3.63, 3.8) is 0 Å². The monoisotopic (exact) mass is 396 g/mol. The van der Waals surface area contributed by atoms with Crippen molar-refractivity contribution in [2.75, 3.05) is 0 Å². The summed E-state index contributed by atoms with van der Waals surface area (Å²) in [6.45, 7) is 1.80. The summed E-state index contributed by atoms with van der Waals surface area (Å²) < 4.78 is 46.2. The van der Waals surface area contributed by atoms with E-state index in [4.69, 9.17) is 4.42 Å². The molecule has 0 saturated carbocycles. The minimum atomic E-state index is -4.52. The molecule has 0 amide bonds.